The third-order valence-corrected chi connectivity index (χ3v) is 8.70. The van der Waals surface area contributed by atoms with Crippen LogP contribution in [-0.2, 0) is 16.0 Å². The van der Waals surface area contributed by atoms with E-state index in [2.05, 4.69) is 24.5 Å². The lowest BCUT2D eigenvalue weighted by Crippen LogP contribution is -2.53. The van der Waals surface area contributed by atoms with Crippen molar-refractivity contribution < 1.29 is 24.2 Å². The van der Waals surface area contributed by atoms with Crippen molar-refractivity contribution in [2.24, 2.45) is 5.92 Å². The van der Waals surface area contributed by atoms with Crippen molar-refractivity contribution in [1.29, 1.82) is 0 Å². The number of anilines is 1. The summed E-state index contributed by atoms with van der Waals surface area (Å²) in [4.78, 5) is 43.4. The summed E-state index contributed by atoms with van der Waals surface area (Å²) in [6, 6.07) is 18.0. The molecular formula is C37H51N5O5. The SMILES string of the molecule is Cc1ccc(C(=O)N(CC(C)C)[C@H](CO)CCCCNC(=O)C(CCc2ccc(N)c3ccccc23)NC(=O)N2CCOCC2)cc1. The second kappa shape index (κ2) is 17.7. The number of benzene rings is 3. The number of amides is 4. The molecule has 0 aromatic heterocycles. The minimum absolute atomic E-state index is 0.0845. The number of ether oxygens (including phenoxy) is 1. The van der Waals surface area contributed by atoms with Gasteiger partial charge < -0.3 is 36.0 Å². The number of unbranched alkanes of at least 4 members (excludes halogenated alkanes) is 1. The number of fused-ring (bicyclic) bond motifs is 1. The summed E-state index contributed by atoms with van der Waals surface area (Å²) in [5.41, 5.74) is 9.66. The highest BCUT2D eigenvalue weighted by molar-refractivity contribution is 5.95. The molecule has 10 nitrogen and oxygen atoms in total. The van der Waals surface area contributed by atoms with Crippen LogP contribution in [0.2, 0.25) is 0 Å². The molecule has 254 valence electrons. The van der Waals surface area contributed by atoms with E-state index >= 15 is 0 Å². The van der Waals surface area contributed by atoms with Gasteiger partial charge in [0.2, 0.25) is 5.91 Å². The van der Waals surface area contributed by atoms with Crippen molar-refractivity contribution in [3.8, 4) is 0 Å². The van der Waals surface area contributed by atoms with Crippen molar-refractivity contribution in [1.82, 2.24) is 20.4 Å². The maximum atomic E-state index is 13.5. The number of rotatable bonds is 15. The van der Waals surface area contributed by atoms with Gasteiger partial charge in [0.05, 0.1) is 25.9 Å². The van der Waals surface area contributed by atoms with Crippen LogP contribution in [0.5, 0.6) is 0 Å². The molecule has 47 heavy (non-hydrogen) atoms. The fourth-order valence-corrected chi connectivity index (χ4v) is 6.02. The van der Waals surface area contributed by atoms with Crippen molar-refractivity contribution >= 4 is 34.3 Å². The van der Waals surface area contributed by atoms with Crippen molar-refractivity contribution in [3.05, 3.63) is 77.4 Å². The van der Waals surface area contributed by atoms with Crippen LogP contribution >= 0.6 is 0 Å². The summed E-state index contributed by atoms with van der Waals surface area (Å²) in [6.45, 7) is 8.84. The molecule has 1 heterocycles. The summed E-state index contributed by atoms with van der Waals surface area (Å²) in [5, 5.41) is 18.3. The summed E-state index contributed by atoms with van der Waals surface area (Å²) < 4.78 is 5.38. The van der Waals surface area contributed by atoms with Gasteiger partial charge in [0, 0.05) is 42.8 Å². The molecule has 3 aromatic rings. The van der Waals surface area contributed by atoms with Gasteiger partial charge in [-0.2, -0.15) is 0 Å². The fraction of sp³-hybridized carbons (Fsp3) is 0.486. The molecule has 0 spiro atoms. The Bertz CT molecular complexity index is 1470. The Morgan fingerprint density at radius 3 is 2.34 bits per heavy atom. The predicted molar refractivity (Wildman–Crippen MR) is 186 cm³/mol. The molecule has 3 aromatic carbocycles. The second-order valence-electron chi connectivity index (χ2n) is 12.8. The van der Waals surface area contributed by atoms with Gasteiger partial charge in [-0.3, -0.25) is 9.59 Å². The minimum atomic E-state index is -0.722. The lowest BCUT2D eigenvalue weighted by Gasteiger charge is -2.32. The molecule has 0 aliphatic carbocycles. The summed E-state index contributed by atoms with van der Waals surface area (Å²) in [7, 11) is 0. The number of aliphatic hydroxyl groups excluding tert-OH is 1. The standard InChI is InChI=1S/C37H51N5O5/c1-26(2)24-42(36(45)29-13-11-27(3)12-14-29)30(25-43)8-6-7-19-39-35(44)34(40-37(46)41-20-22-47-23-21-41)18-16-28-15-17-33(38)32-10-5-4-9-31(28)32/h4-5,9-15,17,26,30,34,43H,6-8,16,18-25,38H2,1-3H3,(H,39,44)(H,40,46)/t30-,34?/m0/s1. The molecule has 1 aliphatic rings. The number of hydrogen-bond acceptors (Lipinski definition) is 6. The molecule has 1 saturated heterocycles. The van der Waals surface area contributed by atoms with Gasteiger partial charge in [-0.05, 0) is 74.1 Å². The van der Waals surface area contributed by atoms with E-state index in [0.29, 0.717) is 82.7 Å². The lowest BCUT2D eigenvalue weighted by atomic mass is 9.97. The van der Waals surface area contributed by atoms with Crippen LogP contribution in [0, 0.1) is 12.8 Å². The number of carbonyl (C=O) groups is 3. The summed E-state index contributed by atoms with van der Waals surface area (Å²) in [6.07, 6.45) is 3.00. The first kappa shape index (κ1) is 35.7. The van der Waals surface area contributed by atoms with Crippen LogP contribution in [0.15, 0.2) is 60.7 Å². The Morgan fingerprint density at radius 1 is 0.957 bits per heavy atom. The van der Waals surface area contributed by atoms with Crippen LogP contribution < -0.4 is 16.4 Å². The lowest BCUT2D eigenvalue weighted by molar-refractivity contribution is -0.123. The molecule has 10 heteroatoms. The number of hydrogen-bond donors (Lipinski definition) is 4. The molecule has 0 bridgehead atoms. The average Bonchev–Trinajstić information content (AvgIpc) is 3.08. The highest BCUT2D eigenvalue weighted by atomic mass is 16.5. The molecule has 4 amide bonds. The van der Waals surface area contributed by atoms with Crippen molar-refractivity contribution in [2.75, 3.05) is 51.7 Å². The average molecular weight is 646 g/mol. The zero-order chi connectivity index (χ0) is 33.8. The van der Waals surface area contributed by atoms with E-state index in [-0.39, 0.29) is 36.4 Å². The van der Waals surface area contributed by atoms with Crippen LogP contribution in [0.3, 0.4) is 0 Å². The number of nitrogens with one attached hydrogen (secondary N) is 2. The molecule has 1 unspecified atom stereocenters. The molecule has 0 saturated carbocycles. The van der Waals surface area contributed by atoms with E-state index in [0.717, 1.165) is 21.9 Å². The summed E-state index contributed by atoms with van der Waals surface area (Å²) >= 11 is 0. The number of urea groups is 1. The second-order valence-corrected chi connectivity index (χ2v) is 12.8. The molecule has 4 rings (SSSR count). The van der Waals surface area contributed by atoms with E-state index in [9.17, 15) is 19.5 Å². The Labute approximate surface area is 278 Å². The van der Waals surface area contributed by atoms with E-state index in [1.165, 1.54) is 0 Å². The topological polar surface area (TPSA) is 137 Å². The molecular weight excluding hydrogens is 594 g/mol. The monoisotopic (exact) mass is 645 g/mol. The number of nitrogen functional groups attached to an aromatic ring is 1. The number of carbonyl (C=O) groups excluding carboxylic acids is 3. The van der Waals surface area contributed by atoms with E-state index in [1.54, 1.807) is 9.80 Å². The Hall–Kier alpha value is -4.15. The molecule has 2 atom stereocenters. The Kier molecular flexibility index (Phi) is 13.4. The van der Waals surface area contributed by atoms with Gasteiger partial charge in [-0.15, -0.1) is 0 Å². The van der Waals surface area contributed by atoms with Gasteiger partial charge >= 0.3 is 6.03 Å². The quantitative estimate of drug-likeness (QED) is 0.142. The minimum Gasteiger partial charge on any atom is -0.398 e. The normalized spacial score (nSPS) is 14.5. The van der Waals surface area contributed by atoms with Crippen LogP contribution in [0.1, 0.15) is 61.0 Å². The third kappa shape index (κ3) is 10.2. The molecule has 0 radical (unpaired) electrons. The first-order valence-corrected chi connectivity index (χ1v) is 16.8. The predicted octanol–water partition coefficient (Wildman–Crippen LogP) is 4.52. The maximum absolute atomic E-state index is 13.5. The zero-order valence-electron chi connectivity index (χ0n) is 28.0. The van der Waals surface area contributed by atoms with E-state index in [4.69, 9.17) is 10.5 Å². The van der Waals surface area contributed by atoms with Crippen molar-refractivity contribution in [2.45, 2.75) is 65.0 Å². The van der Waals surface area contributed by atoms with Crippen molar-refractivity contribution in [3.63, 3.8) is 0 Å². The molecule has 1 aliphatic heterocycles. The first-order chi connectivity index (χ1) is 22.7. The van der Waals surface area contributed by atoms with Gasteiger partial charge in [-0.25, -0.2) is 4.79 Å². The van der Waals surface area contributed by atoms with Gasteiger partial charge in [0.1, 0.15) is 6.04 Å². The zero-order valence-corrected chi connectivity index (χ0v) is 28.0. The van der Waals surface area contributed by atoms with E-state index in [1.807, 2.05) is 67.6 Å². The van der Waals surface area contributed by atoms with Gasteiger partial charge in [0.25, 0.3) is 5.91 Å². The number of nitrogens with two attached hydrogens (primary N) is 1. The number of aliphatic hydroxyl groups is 1. The highest BCUT2D eigenvalue weighted by Gasteiger charge is 2.26. The highest BCUT2D eigenvalue weighted by Crippen LogP contribution is 2.26. The first-order valence-electron chi connectivity index (χ1n) is 16.8. The van der Waals surface area contributed by atoms with Gasteiger partial charge in [0.15, 0.2) is 0 Å². The fourth-order valence-electron chi connectivity index (χ4n) is 6.02. The van der Waals surface area contributed by atoms with Gasteiger partial charge in [-0.1, -0.05) is 61.9 Å². The number of aryl methyl sites for hydroxylation is 2. The third-order valence-electron chi connectivity index (χ3n) is 8.70. The largest absolute Gasteiger partial charge is 0.398 e. The van der Waals surface area contributed by atoms with Crippen LogP contribution in [0.25, 0.3) is 10.8 Å². The smallest absolute Gasteiger partial charge is 0.318 e. The number of morpholine rings is 1. The van der Waals surface area contributed by atoms with Crippen LogP contribution in [0.4, 0.5) is 10.5 Å². The molecule has 5 N–H and O–H groups in total. The van der Waals surface area contributed by atoms with Crippen LogP contribution in [-0.4, -0.2) is 90.8 Å². The Morgan fingerprint density at radius 2 is 1.66 bits per heavy atom. The maximum Gasteiger partial charge on any atom is 0.318 e. The number of nitrogens with zero attached hydrogens (tertiary/aromatic N) is 2. The summed E-state index contributed by atoms with van der Waals surface area (Å²) in [5.74, 6) is -0.0755. The molecule has 1 fully saturated rings. The van der Waals surface area contributed by atoms with E-state index < -0.39 is 6.04 Å². The Balaban J connectivity index is 1.35.